The number of carbonyl (C=O) groups is 1. The maximum absolute atomic E-state index is 13.6. The quantitative estimate of drug-likeness (QED) is 0.386. The van der Waals surface area contributed by atoms with Gasteiger partial charge in [0.2, 0.25) is 11.1 Å². The van der Waals surface area contributed by atoms with E-state index in [1.54, 1.807) is 28.8 Å². The molecule has 3 heterocycles. The molecule has 1 unspecified atom stereocenters. The van der Waals surface area contributed by atoms with E-state index in [9.17, 15) is 4.79 Å². The number of thioether (sulfide) groups is 1. The SMILES string of the molecule is CCCCSc1nc2n(n1)C(c1cccnc1)C(C(=O)Nc1cccc(C)c1C)=C(C)N2. The number of hydrogen-bond acceptors (Lipinski definition) is 6. The summed E-state index contributed by atoms with van der Waals surface area (Å²) in [5.74, 6) is 1.43. The summed E-state index contributed by atoms with van der Waals surface area (Å²) >= 11 is 1.64. The van der Waals surface area contributed by atoms with Gasteiger partial charge < -0.3 is 10.6 Å². The summed E-state index contributed by atoms with van der Waals surface area (Å²) in [5.41, 5.74) is 5.23. The van der Waals surface area contributed by atoms with Crippen molar-refractivity contribution in [1.82, 2.24) is 19.7 Å². The number of aromatic nitrogens is 4. The summed E-state index contributed by atoms with van der Waals surface area (Å²) in [7, 11) is 0. The molecule has 0 saturated heterocycles. The molecule has 1 atom stereocenters. The average molecular weight is 449 g/mol. The monoisotopic (exact) mass is 448 g/mol. The van der Waals surface area contributed by atoms with Crippen molar-refractivity contribution in [2.24, 2.45) is 0 Å². The minimum absolute atomic E-state index is 0.168. The minimum atomic E-state index is -0.418. The van der Waals surface area contributed by atoms with Crippen LogP contribution in [0.2, 0.25) is 0 Å². The maximum Gasteiger partial charge on any atom is 0.255 e. The zero-order valence-corrected chi connectivity index (χ0v) is 19.7. The molecule has 0 fully saturated rings. The molecular weight excluding hydrogens is 420 g/mol. The first-order valence-corrected chi connectivity index (χ1v) is 11.8. The van der Waals surface area contributed by atoms with E-state index in [4.69, 9.17) is 5.10 Å². The topological polar surface area (TPSA) is 84.7 Å². The van der Waals surface area contributed by atoms with E-state index in [-0.39, 0.29) is 5.91 Å². The van der Waals surface area contributed by atoms with Crippen LogP contribution in [-0.4, -0.2) is 31.4 Å². The van der Waals surface area contributed by atoms with Crippen LogP contribution in [0.15, 0.2) is 59.2 Å². The van der Waals surface area contributed by atoms with E-state index in [1.807, 2.05) is 51.1 Å². The van der Waals surface area contributed by atoms with Gasteiger partial charge in [0.1, 0.15) is 6.04 Å². The van der Waals surface area contributed by atoms with Crippen LogP contribution in [0.5, 0.6) is 0 Å². The third-order valence-corrected chi connectivity index (χ3v) is 6.58. The number of hydrogen-bond donors (Lipinski definition) is 2. The first-order chi connectivity index (χ1) is 15.5. The normalized spacial score (nSPS) is 15.3. The van der Waals surface area contributed by atoms with Crippen LogP contribution < -0.4 is 10.6 Å². The number of allylic oxidation sites excluding steroid dienone is 1. The third-order valence-electron chi connectivity index (χ3n) is 5.66. The Hall–Kier alpha value is -3.13. The predicted molar refractivity (Wildman–Crippen MR) is 129 cm³/mol. The molecule has 2 aromatic heterocycles. The summed E-state index contributed by atoms with van der Waals surface area (Å²) in [4.78, 5) is 22.5. The van der Waals surface area contributed by atoms with Gasteiger partial charge >= 0.3 is 0 Å². The average Bonchev–Trinajstić information content (AvgIpc) is 3.18. The Morgan fingerprint density at radius 2 is 2.06 bits per heavy atom. The Morgan fingerprint density at radius 3 is 2.81 bits per heavy atom. The Balaban J connectivity index is 1.72. The largest absolute Gasteiger partial charge is 0.328 e. The lowest BCUT2D eigenvalue weighted by Gasteiger charge is -2.28. The van der Waals surface area contributed by atoms with Crippen molar-refractivity contribution < 1.29 is 4.79 Å². The summed E-state index contributed by atoms with van der Waals surface area (Å²) in [6.45, 7) is 8.12. The summed E-state index contributed by atoms with van der Waals surface area (Å²) in [6, 6.07) is 9.34. The van der Waals surface area contributed by atoms with Crippen molar-refractivity contribution in [2.75, 3.05) is 16.4 Å². The van der Waals surface area contributed by atoms with Crippen molar-refractivity contribution in [2.45, 2.75) is 51.7 Å². The van der Waals surface area contributed by atoms with Gasteiger partial charge in [-0.2, -0.15) is 4.98 Å². The van der Waals surface area contributed by atoms with Gasteiger partial charge in [-0.3, -0.25) is 9.78 Å². The lowest BCUT2D eigenvalue weighted by atomic mass is 9.96. The molecule has 0 aliphatic carbocycles. The molecule has 3 aromatic rings. The molecule has 166 valence electrons. The fraction of sp³-hybridized carbons (Fsp3) is 0.333. The summed E-state index contributed by atoms with van der Waals surface area (Å²) < 4.78 is 1.80. The molecule has 1 amide bonds. The van der Waals surface area contributed by atoms with E-state index in [2.05, 4.69) is 27.5 Å². The maximum atomic E-state index is 13.6. The van der Waals surface area contributed by atoms with E-state index in [1.165, 1.54) is 0 Å². The summed E-state index contributed by atoms with van der Waals surface area (Å²) in [6.07, 6.45) is 5.74. The van der Waals surface area contributed by atoms with Gasteiger partial charge in [0.25, 0.3) is 5.91 Å². The number of aryl methyl sites for hydroxylation is 1. The van der Waals surface area contributed by atoms with Crippen LogP contribution >= 0.6 is 11.8 Å². The molecule has 0 radical (unpaired) electrons. The number of carbonyl (C=O) groups excluding carboxylic acids is 1. The molecule has 0 saturated carbocycles. The molecule has 4 rings (SSSR count). The minimum Gasteiger partial charge on any atom is -0.328 e. The molecule has 0 spiro atoms. The van der Waals surface area contributed by atoms with E-state index in [0.717, 1.165) is 46.7 Å². The third kappa shape index (κ3) is 4.41. The number of pyridine rings is 1. The zero-order valence-electron chi connectivity index (χ0n) is 18.8. The van der Waals surface area contributed by atoms with Gasteiger partial charge in [0.05, 0.1) is 5.57 Å². The van der Waals surface area contributed by atoms with Crippen LogP contribution in [0, 0.1) is 13.8 Å². The second-order valence-corrected chi connectivity index (χ2v) is 8.98. The summed E-state index contributed by atoms with van der Waals surface area (Å²) in [5, 5.41) is 11.9. The highest BCUT2D eigenvalue weighted by atomic mass is 32.2. The van der Waals surface area contributed by atoms with E-state index < -0.39 is 6.04 Å². The smallest absolute Gasteiger partial charge is 0.255 e. The number of benzene rings is 1. The number of rotatable bonds is 7. The van der Waals surface area contributed by atoms with Gasteiger partial charge in [0.15, 0.2) is 0 Å². The molecule has 8 heteroatoms. The highest BCUT2D eigenvalue weighted by Gasteiger charge is 2.34. The van der Waals surface area contributed by atoms with Crippen LogP contribution in [0.4, 0.5) is 11.6 Å². The van der Waals surface area contributed by atoms with Crippen LogP contribution in [0.1, 0.15) is 49.4 Å². The Morgan fingerprint density at radius 1 is 1.22 bits per heavy atom. The molecule has 32 heavy (non-hydrogen) atoms. The highest BCUT2D eigenvalue weighted by molar-refractivity contribution is 7.99. The first kappa shape index (κ1) is 22.1. The first-order valence-electron chi connectivity index (χ1n) is 10.8. The van der Waals surface area contributed by atoms with Gasteiger partial charge in [-0.05, 0) is 56.0 Å². The fourth-order valence-corrected chi connectivity index (χ4v) is 4.63. The number of amides is 1. The van der Waals surface area contributed by atoms with Crippen LogP contribution in [-0.2, 0) is 4.79 Å². The Bertz CT molecular complexity index is 1150. The molecule has 1 aliphatic heterocycles. The lowest BCUT2D eigenvalue weighted by molar-refractivity contribution is -0.113. The lowest BCUT2D eigenvalue weighted by Crippen LogP contribution is -2.31. The predicted octanol–water partition coefficient (Wildman–Crippen LogP) is 5.11. The molecule has 7 nitrogen and oxygen atoms in total. The number of unbranched alkanes of at least 4 members (excludes halogenated alkanes) is 1. The fourth-order valence-electron chi connectivity index (χ4n) is 3.72. The number of nitrogens with one attached hydrogen (secondary N) is 2. The highest BCUT2D eigenvalue weighted by Crippen LogP contribution is 2.36. The van der Waals surface area contributed by atoms with Gasteiger partial charge in [-0.25, -0.2) is 4.68 Å². The van der Waals surface area contributed by atoms with Crippen LogP contribution in [0.3, 0.4) is 0 Å². The standard InChI is InChI=1S/C24H28N6OS/c1-5-6-13-32-24-28-23-26-17(4)20(21(30(23)29-24)18-10-8-12-25-14-18)22(31)27-19-11-7-9-15(2)16(19)3/h7-12,14,21H,5-6,13H2,1-4H3,(H,27,31)(H,26,28,29). The van der Waals surface area contributed by atoms with Crippen molar-refractivity contribution >= 4 is 29.3 Å². The van der Waals surface area contributed by atoms with Gasteiger partial charge in [-0.15, -0.1) is 5.10 Å². The second-order valence-electron chi connectivity index (χ2n) is 7.92. The second kappa shape index (κ2) is 9.56. The number of fused-ring (bicyclic) bond motifs is 1. The van der Waals surface area contributed by atoms with E-state index in [0.29, 0.717) is 16.7 Å². The van der Waals surface area contributed by atoms with Crippen molar-refractivity contribution in [3.05, 3.63) is 70.7 Å². The Kier molecular flexibility index (Phi) is 6.60. The van der Waals surface area contributed by atoms with E-state index >= 15 is 0 Å². The van der Waals surface area contributed by atoms with Gasteiger partial charge in [0, 0.05) is 29.5 Å². The molecular formula is C24H28N6OS. The molecule has 1 aliphatic rings. The molecule has 2 N–H and O–H groups in total. The molecule has 0 bridgehead atoms. The Labute approximate surface area is 192 Å². The molecule has 1 aromatic carbocycles. The van der Waals surface area contributed by atoms with Crippen molar-refractivity contribution in [1.29, 1.82) is 0 Å². The van der Waals surface area contributed by atoms with Crippen molar-refractivity contribution in [3.8, 4) is 0 Å². The van der Waals surface area contributed by atoms with Gasteiger partial charge in [-0.1, -0.05) is 43.3 Å². The van der Waals surface area contributed by atoms with Crippen molar-refractivity contribution in [3.63, 3.8) is 0 Å². The van der Waals surface area contributed by atoms with Crippen LogP contribution in [0.25, 0.3) is 0 Å². The number of anilines is 2. The number of nitrogens with zero attached hydrogens (tertiary/aromatic N) is 4. The zero-order chi connectivity index (χ0) is 22.7.